The minimum Gasteiger partial charge on any atom is -0.478 e. The SMILES string of the molecule is [B]c1ccc(OC(C)(C)C(F)(F)F)c(C(F)(F)F)c1. The molecule has 2 radical (unpaired) electrons. The Bertz CT molecular complexity index is 463. The second-order valence-corrected chi connectivity index (χ2v) is 4.36. The molecule has 0 saturated carbocycles. The summed E-state index contributed by atoms with van der Waals surface area (Å²) < 4.78 is 80.3. The topological polar surface area (TPSA) is 9.23 Å². The third-order valence-corrected chi connectivity index (χ3v) is 2.36. The van der Waals surface area contributed by atoms with Gasteiger partial charge in [0.1, 0.15) is 13.6 Å². The largest absolute Gasteiger partial charge is 0.478 e. The van der Waals surface area contributed by atoms with Gasteiger partial charge in [-0.3, -0.25) is 0 Å². The van der Waals surface area contributed by atoms with Crippen LogP contribution in [0.4, 0.5) is 26.3 Å². The Labute approximate surface area is 107 Å². The molecule has 1 aromatic carbocycles. The highest BCUT2D eigenvalue weighted by molar-refractivity contribution is 6.32. The smallest absolute Gasteiger partial charge is 0.427 e. The van der Waals surface area contributed by atoms with Crippen molar-refractivity contribution in [3.05, 3.63) is 23.8 Å². The zero-order valence-corrected chi connectivity index (χ0v) is 9.99. The van der Waals surface area contributed by atoms with Crippen LogP contribution in [0.3, 0.4) is 0 Å². The highest BCUT2D eigenvalue weighted by atomic mass is 19.4. The number of hydrogen-bond acceptors (Lipinski definition) is 1. The molecule has 0 aliphatic carbocycles. The van der Waals surface area contributed by atoms with E-state index in [0.717, 1.165) is 12.1 Å². The first-order valence-corrected chi connectivity index (χ1v) is 5.07. The van der Waals surface area contributed by atoms with Gasteiger partial charge in [0.15, 0.2) is 5.60 Å². The zero-order chi connectivity index (χ0) is 15.1. The Morgan fingerprint density at radius 3 is 1.95 bits per heavy atom. The first kappa shape index (κ1) is 15.7. The third kappa shape index (κ3) is 3.57. The molecule has 0 atom stereocenters. The van der Waals surface area contributed by atoms with Crippen LogP contribution in [0.25, 0.3) is 0 Å². The second-order valence-electron chi connectivity index (χ2n) is 4.36. The van der Waals surface area contributed by atoms with Crippen molar-refractivity contribution in [2.24, 2.45) is 0 Å². The summed E-state index contributed by atoms with van der Waals surface area (Å²) in [6.07, 6.45) is -9.66. The number of benzene rings is 1. The van der Waals surface area contributed by atoms with Crippen LogP contribution in [-0.2, 0) is 6.18 Å². The standard InChI is InChI=1S/C11H9BF6O/c1-9(2,11(16,17)18)19-8-4-3-6(12)5-7(8)10(13,14)15/h3-5H,1-2H3. The quantitative estimate of drug-likeness (QED) is 0.597. The van der Waals surface area contributed by atoms with Crippen molar-refractivity contribution in [1.29, 1.82) is 0 Å². The highest BCUT2D eigenvalue weighted by Crippen LogP contribution is 2.40. The van der Waals surface area contributed by atoms with E-state index in [1.54, 1.807) is 0 Å². The molecule has 0 N–H and O–H groups in total. The van der Waals surface area contributed by atoms with Crippen LogP contribution in [0, 0.1) is 0 Å². The number of rotatable bonds is 2. The van der Waals surface area contributed by atoms with Gasteiger partial charge in [0.05, 0.1) is 5.56 Å². The van der Waals surface area contributed by atoms with Crippen LogP contribution in [0.1, 0.15) is 19.4 Å². The fourth-order valence-electron chi connectivity index (χ4n) is 1.19. The lowest BCUT2D eigenvalue weighted by molar-refractivity contribution is -0.236. The highest BCUT2D eigenvalue weighted by Gasteiger charge is 2.50. The van der Waals surface area contributed by atoms with E-state index in [9.17, 15) is 26.3 Å². The van der Waals surface area contributed by atoms with Crippen LogP contribution < -0.4 is 10.2 Å². The van der Waals surface area contributed by atoms with E-state index in [4.69, 9.17) is 7.85 Å². The van der Waals surface area contributed by atoms with Gasteiger partial charge in [-0.1, -0.05) is 17.6 Å². The molecular weight excluding hydrogens is 273 g/mol. The van der Waals surface area contributed by atoms with Gasteiger partial charge in [0, 0.05) is 0 Å². The average Bonchev–Trinajstić information content (AvgIpc) is 2.17. The maximum atomic E-state index is 12.7. The minimum atomic E-state index is -4.85. The summed E-state index contributed by atoms with van der Waals surface area (Å²) in [5.41, 5.74) is -4.31. The Morgan fingerprint density at radius 1 is 1.00 bits per heavy atom. The molecule has 0 heterocycles. The van der Waals surface area contributed by atoms with Crippen LogP contribution in [0.2, 0.25) is 0 Å². The van der Waals surface area contributed by atoms with Crippen molar-refractivity contribution < 1.29 is 31.1 Å². The second kappa shape index (κ2) is 4.65. The average molecular weight is 282 g/mol. The Morgan fingerprint density at radius 2 is 1.53 bits per heavy atom. The Kier molecular flexibility index (Phi) is 3.85. The van der Waals surface area contributed by atoms with Gasteiger partial charge in [0.25, 0.3) is 0 Å². The van der Waals surface area contributed by atoms with Crippen LogP contribution in [0.15, 0.2) is 18.2 Å². The van der Waals surface area contributed by atoms with E-state index < -0.39 is 29.3 Å². The molecule has 0 bridgehead atoms. The van der Waals surface area contributed by atoms with Crippen LogP contribution >= 0.6 is 0 Å². The van der Waals surface area contributed by atoms with E-state index in [2.05, 4.69) is 4.74 Å². The normalized spacial score (nSPS) is 13.5. The summed E-state index contributed by atoms with van der Waals surface area (Å²) in [6, 6.07) is 2.34. The summed E-state index contributed by atoms with van der Waals surface area (Å²) in [7, 11) is 5.20. The summed E-state index contributed by atoms with van der Waals surface area (Å²) in [6.45, 7) is 1.28. The molecule has 1 nitrogen and oxygen atoms in total. The summed E-state index contributed by atoms with van der Waals surface area (Å²) in [5.74, 6) is -0.913. The number of alkyl halides is 6. The predicted octanol–water partition coefficient (Wildman–Crippen LogP) is 3.22. The van der Waals surface area contributed by atoms with Gasteiger partial charge in [-0.25, -0.2) is 0 Å². The van der Waals surface area contributed by atoms with E-state index in [-0.39, 0.29) is 5.46 Å². The predicted molar refractivity (Wildman–Crippen MR) is 57.6 cm³/mol. The molecule has 0 aromatic heterocycles. The summed E-state index contributed by atoms with van der Waals surface area (Å²) >= 11 is 0. The molecule has 8 heteroatoms. The molecule has 0 spiro atoms. The van der Waals surface area contributed by atoms with Gasteiger partial charge in [0.2, 0.25) is 0 Å². The van der Waals surface area contributed by atoms with Crippen LogP contribution in [-0.4, -0.2) is 19.6 Å². The first-order chi connectivity index (χ1) is 8.34. The Balaban J connectivity index is 3.23. The molecule has 104 valence electrons. The van der Waals surface area contributed by atoms with Crippen molar-refractivity contribution in [2.45, 2.75) is 31.8 Å². The molecule has 0 aliphatic heterocycles. The van der Waals surface area contributed by atoms with E-state index >= 15 is 0 Å². The maximum absolute atomic E-state index is 12.7. The fraction of sp³-hybridized carbons (Fsp3) is 0.455. The summed E-state index contributed by atoms with van der Waals surface area (Å²) in [4.78, 5) is 0. The number of ether oxygens (including phenoxy) is 1. The fourth-order valence-corrected chi connectivity index (χ4v) is 1.19. The number of halogens is 6. The molecule has 0 amide bonds. The molecular formula is C11H9BF6O. The van der Waals surface area contributed by atoms with Gasteiger partial charge in [-0.05, 0) is 19.9 Å². The van der Waals surface area contributed by atoms with Gasteiger partial charge >= 0.3 is 12.4 Å². The van der Waals surface area contributed by atoms with E-state index in [1.807, 2.05) is 0 Å². The molecule has 1 rings (SSSR count). The third-order valence-electron chi connectivity index (χ3n) is 2.36. The molecule has 19 heavy (non-hydrogen) atoms. The van der Waals surface area contributed by atoms with Crippen molar-refractivity contribution in [3.63, 3.8) is 0 Å². The van der Waals surface area contributed by atoms with Crippen molar-refractivity contribution >= 4 is 13.3 Å². The first-order valence-electron chi connectivity index (χ1n) is 5.07. The van der Waals surface area contributed by atoms with E-state index in [0.29, 0.717) is 19.9 Å². The molecule has 0 aliphatic rings. The van der Waals surface area contributed by atoms with Gasteiger partial charge in [-0.2, -0.15) is 26.3 Å². The molecule has 1 aromatic rings. The molecule has 0 saturated heterocycles. The minimum absolute atomic E-state index is 0.218. The van der Waals surface area contributed by atoms with Crippen molar-refractivity contribution in [3.8, 4) is 5.75 Å². The van der Waals surface area contributed by atoms with Crippen molar-refractivity contribution in [2.75, 3.05) is 0 Å². The molecule has 0 unspecified atom stereocenters. The zero-order valence-electron chi connectivity index (χ0n) is 9.99. The lowest BCUT2D eigenvalue weighted by atomic mass is 9.93. The maximum Gasteiger partial charge on any atom is 0.427 e. The van der Waals surface area contributed by atoms with Crippen LogP contribution in [0.5, 0.6) is 5.75 Å². The van der Waals surface area contributed by atoms with E-state index in [1.165, 1.54) is 0 Å². The van der Waals surface area contributed by atoms with Gasteiger partial charge < -0.3 is 4.74 Å². The lowest BCUT2D eigenvalue weighted by Gasteiger charge is -2.30. The van der Waals surface area contributed by atoms with Crippen molar-refractivity contribution in [1.82, 2.24) is 0 Å². The molecule has 0 fully saturated rings. The summed E-state index contributed by atoms with van der Waals surface area (Å²) in [5, 5.41) is 0. The lowest BCUT2D eigenvalue weighted by Crippen LogP contribution is -2.45. The van der Waals surface area contributed by atoms with Gasteiger partial charge in [-0.15, -0.1) is 0 Å². The monoisotopic (exact) mass is 282 g/mol. The number of hydrogen-bond donors (Lipinski definition) is 0. The Hall–Kier alpha value is -1.34.